The lowest BCUT2D eigenvalue weighted by Crippen LogP contribution is -2.74. The first-order valence-electron chi connectivity index (χ1n) is 8.78. The van der Waals surface area contributed by atoms with Crippen molar-refractivity contribution in [1.29, 1.82) is 0 Å². The minimum absolute atomic E-state index is 0.0414. The molecule has 1 N–H and O–H groups in total. The summed E-state index contributed by atoms with van der Waals surface area (Å²) in [5.41, 5.74) is -0.872. The number of nitrogens with one attached hydrogen (secondary N) is 1. The molecule has 13 heteroatoms. The summed E-state index contributed by atoms with van der Waals surface area (Å²) in [6.07, 6.45) is -3.21. The van der Waals surface area contributed by atoms with E-state index >= 15 is 0 Å². The first-order valence-corrected chi connectivity index (χ1v) is 11.3. The summed E-state index contributed by atoms with van der Waals surface area (Å²) < 4.78 is 42.3. The zero-order valence-electron chi connectivity index (χ0n) is 15.5. The van der Waals surface area contributed by atoms with Crippen molar-refractivity contribution in [2.24, 2.45) is 0 Å². The molecule has 2 heterocycles. The average molecular weight is 516 g/mol. The predicted octanol–water partition coefficient (Wildman–Crippen LogP) is 2.08. The Balaban J connectivity index is 1.79. The lowest BCUT2D eigenvalue weighted by atomic mass is 10.0. The fraction of sp³-hybridized carbons (Fsp3) is 0.389. The molecule has 0 radical (unpaired) electrons. The van der Waals surface area contributed by atoms with Gasteiger partial charge in [-0.2, -0.15) is 0 Å². The molecule has 0 saturated carbocycles. The number of carbonyl (C=O) groups is 3. The highest BCUT2D eigenvalue weighted by Gasteiger charge is 2.58. The fourth-order valence-corrected chi connectivity index (χ4v) is 5.02. The number of carbonyl (C=O) groups excluding carboxylic acids is 3. The Labute approximate surface area is 193 Å². The van der Waals surface area contributed by atoms with Crippen molar-refractivity contribution in [2.45, 2.75) is 28.1 Å². The SMILES string of the molecule is O=C(Cc1ccccc1)NC1C(=O)N2C(C(=O)OCC(Cl)(Cl)Cl)=C(C(F)F)CS(=O)[C@H]12. The molecule has 2 aliphatic rings. The van der Waals surface area contributed by atoms with Gasteiger partial charge in [-0.05, 0) is 5.56 Å². The lowest BCUT2D eigenvalue weighted by Gasteiger charge is -2.49. The molecule has 3 rings (SSSR count). The highest BCUT2D eigenvalue weighted by molar-refractivity contribution is 7.86. The normalized spacial score (nSPS) is 23.4. The van der Waals surface area contributed by atoms with E-state index in [0.717, 1.165) is 0 Å². The zero-order chi connectivity index (χ0) is 22.9. The van der Waals surface area contributed by atoms with Crippen LogP contribution in [0.2, 0.25) is 0 Å². The molecule has 1 aromatic carbocycles. The highest BCUT2D eigenvalue weighted by Crippen LogP contribution is 2.37. The number of rotatable bonds is 6. The molecule has 2 aliphatic heterocycles. The second kappa shape index (κ2) is 9.40. The topological polar surface area (TPSA) is 92.8 Å². The van der Waals surface area contributed by atoms with Crippen LogP contribution in [0.3, 0.4) is 0 Å². The van der Waals surface area contributed by atoms with Crippen LogP contribution in [-0.4, -0.2) is 60.9 Å². The van der Waals surface area contributed by atoms with Gasteiger partial charge in [0.15, 0.2) is 0 Å². The van der Waals surface area contributed by atoms with Crippen LogP contribution in [0.15, 0.2) is 41.6 Å². The Bertz CT molecular complexity index is 955. The third kappa shape index (κ3) is 5.36. The predicted molar refractivity (Wildman–Crippen MR) is 110 cm³/mol. The first kappa shape index (κ1) is 23.9. The number of esters is 1. The second-order valence-corrected chi connectivity index (χ2v) is 10.7. The Morgan fingerprint density at radius 3 is 2.48 bits per heavy atom. The molecular formula is C18H15Cl3F2N2O5S. The van der Waals surface area contributed by atoms with Crippen LogP contribution in [0, 0.1) is 0 Å². The molecule has 0 spiro atoms. The molecule has 1 fully saturated rings. The standard InChI is InChI=1S/C18H15Cl3F2N2O5S/c19-18(20,21)8-30-17(28)13-10(14(22)23)7-31(29)16-12(15(27)25(13)16)24-11(26)6-9-4-2-1-3-5-9/h1-5,12,14,16H,6-8H2,(H,24,26)/t12?,16-,31?/m1/s1. The maximum absolute atomic E-state index is 13.5. The number of nitrogens with zero attached hydrogens (tertiary/aromatic N) is 1. The lowest BCUT2D eigenvalue weighted by molar-refractivity contribution is -0.153. The number of alkyl halides is 5. The number of fused-ring (bicyclic) bond motifs is 1. The second-order valence-electron chi connectivity index (χ2n) is 6.70. The summed E-state index contributed by atoms with van der Waals surface area (Å²) in [6.45, 7) is -0.746. The maximum atomic E-state index is 13.5. The molecule has 0 aromatic heterocycles. The van der Waals surface area contributed by atoms with Gasteiger partial charge in [0.2, 0.25) is 9.70 Å². The summed E-state index contributed by atoms with van der Waals surface area (Å²) in [5.74, 6) is -3.37. The van der Waals surface area contributed by atoms with Crippen molar-refractivity contribution >= 4 is 63.4 Å². The Hall–Kier alpha value is -1.75. The van der Waals surface area contributed by atoms with Gasteiger partial charge in [0.1, 0.15) is 23.7 Å². The van der Waals surface area contributed by atoms with E-state index in [4.69, 9.17) is 39.5 Å². The Morgan fingerprint density at radius 2 is 1.90 bits per heavy atom. The van der Waals surface area contributed by atoms with Crippen molar-refractivity contribution in [3.05, 3.63) is 47.2 Å². The van der Waals surface area contributed by atoms with Crippen molar-refractivity contribution < 1.29 is 32.1 Å². The van der Waals surface area contributed by atoms with Crippen LogP contribution < -0.4 is 5.32 Å². The maximum Gasteiger partial charge on any atom is 0.355 e. The number of β-lactam (4-membered cyclic amide) rings is 1. The van der Waals surface area contributed by atoms with E-state index in [1.165, 1.54) is 0 Å². The quantitative estimate of drug-likeness (QED) is 0.356. The summed E-state index contributed by atoms with van der Waals surface area (Å²) >= 11 is 16.5. The summed E-state index contributed by atoms with van der Waals surface area (Å²) in [5, 5.41) is 1.27. The zero-order valence-corrected chi connectivity index (χ0v) is 18.6. The molecule has 1 saturated heterocycles. The molecular weight excluding hydrogens is 501 g/mol. The van der Waals surface area contributed by atoms with Crippen LogP contribution in [0.4, 0.5) is 8.78 Å². The van der Waals surface area contributed by atoms with Crippen molar-refractivity contribution in [2.75, 3.05) is 12.4 Å². The minimum Gasteiger partial charge on any atom is -0.456 e. The smallest absolute Gasteiger partial charge is 0.355 e. The van der Waals surface area contributed by atoms with Gasteiger partial charge in [0.25, 0.3) is 12.3 Å². The minimum atomic E-state index is -3.17. The summed E-state index contributed by atoms with van der Waals surface area (Å²) in [7, 11) is -1.98. The monoisotopic (exact) mass is 514 g/mol. The van der Waals surface area contributed by atoms with Crippen molar-refractivity contribution in [1.82, 2.24) is 10.2 Å². The van der Waals surface area contributed by atoms with E-state index in [1.807, 2.05) is 0 Å². The number of hydrogen-bond donors (Lipinski definition) is 1. The molecule has 1 aromatic rings. The average Bonchev–Trinajstić information content (AvgIpc) is 2.69. The molecule has 31 heavy (non-hydrogen) atoms. The van der Waals surface area contributed by atoms with Crippen LogP contribution in [0.1, 0.15) is 5.56 Å². The van der Waals surface area contributed by atoms with E-state index < -0.39 is 73.8 Å². The molecule has 0 aliphatic carbocycles. The number of ether oxygens (including phenoxy) is 1. The third-order valence-corrected chi connectivity index (χ3v) is 6.45. The summed E-state index contributed by atoms with van der Waals surface area (Å²) in [6, 6.07) is 7.44. The van der Waals surface area contributed by atoms with Gasteiger partial charge >= 0.3 is 5.97 Å². The van der Waals surface area contributed by atoms with Gasteiger partial charge in [0, 0.05) is 5.57 Å². The largest absolute Gasteiger partial charge is 0.456 e. The van der Waals surface area contributed by atoms with Crippen LogP contribution >= 0.6 is 34.8 Å². The van der Waals surface area contributed by atoms with Crippen LogP contribution in [-0.2, 0) is 36.3 Å². The van der Waals surface area contributed by atoms with Crippen molar-refractivity contribution in [3.8, 4) is 0 Å². The number of benzene rings is 1. The van der Waals surface area contributed by atoms with Gasteiger partial charge in [-0.25, -0.2) is 13.6 Å². The summed E-state index contributed by atoms with van der Waals surface area (Å²) in [4.78, 5) is 38.0. The van der Waals surface area contributed by atoms with Gasteiger partial charge in [-0.1, -0.05) is 65.1 Å². The van der Waals surface area contributed by atoms with Crippen LogP contribution in [0.25, 0.3) is 0 Å². The van der Waals surface area contributed by atoms with E-state index in [0.29, 0.717) is 10.5 Å². The highest BCUT2D eigenvalue weighted by atomic mass is 35.6. The van der Waals surface area contributed by atoms with E-state index in [2.05, 4.69) is 5.32 Å². The third-order valence-electron chi connectivity index (χ3n) is 4.50. The van der Waals surface area contributed by atoms with Gasteiger partial charge in [0.05, 0.1) is 23.0 Å². The molecule has 168 valence electrons. The van der Waals surface area contributed by atoms with Gasteiger partial charge < -0.3 is 10.1 Å². The molecule has 0 bridgehead atoms. The number of halogens is 5. The molecule has 7 nitrogen and oxygen atoms in total. The molecule has 2 amide bonds. The Kier molecular flexibility index (Phi) is 7.25. The molecule has 3 atom stereocenters. The van der Waals surface area contributed by atoms with Gasteiger partial charge in [-0.15, -0.1) is 0 Å². The van der Waals surface area contributed by atoms with E-state index in [1.54, 1.807) is 30.3 Å². The van der Waals surface area contributed by atoms with Crippen LogP contribution in [0.5, 0.6) is 0 Å². The first-order chi connectivity index (χ1) is 14.5. The van der Waals surface area contributed by atoms with Crippen molar-refractivity contribution in [3.63, 3.8) is 0 Å². The number of hydrogen-bond acceptors (Lipinski definition) is 5. The fourth-order valence-electron chi connectivity index (χ4n) is 3.18. The van der Waals surface area contributed by atoms with Gasteiger partial charge in [-0.3, -0.25) is 18.7 Å². The Morgan fingerprint density at radius 1 is 1.26 bits per heavy atom. The van der Waals surface area contributed by atoms with E-state index in [9.17, 15) is 27.4 Å². The molecule has 2 unspecified atom stereocenters. The number of amides is 2. The van der Waals surface area contributed by atoms with E-state index in [-0.39, 0.29) is 6.42 Å².